The van der Waals surface area contributed by atoms with Gasteiger partial charge in [0.2, 0.25) is 5.91 Å². The quantitative estimate of drug-likeness (QED) is 0.762. The van der Waals surface area contributed by atoms with E-state index < -0.39 is 0 Å². The highest BCUT2D eigenvalue weighted by Crippen LogP contribution is 2.49. The minimum Gasteiger partial charge on any atom is -0.395 e. The smallest absolute Gasteiger partial charge is 0.237 e. The number of nitrogens with zero attached hydrogens (tertiary/aromatic N) is 1. The summed E-state index contributed by atoms with van der Waals surface area (Å²) in [5, 5.41) is 12.1. The Balaban J connectivity index is 1.81. The zero-order valence-electron chi connectivity index (χ0n) is 12.4. The first kappa shape index (κ1) is 14.8. The van der Waals surface area contributed by atoms with Gasteiger partial charge in [-0.25, -0.2) is 0 Å². The van der Waals surface area contributed by atoms with Crippen LogP contribution >= 0.6 is 0 Å². The van der Waals surface area contributed by atoms with E-state index in [4.69, 9.17) is 5.11 Å². The number of likely N-dealkylation sites (N-methyl/N-ethyl adjacent to an activating group) is 1. The standard InChI is InChI=1S/C15H28N2O2/c1-10(14-9-12-4-5-13(14)8-12)16-15(19)11(2)17(3)6-7-18/h10-14,18H,4-9H2,1-3H3,(H,16,19). The van der Waals surface area contributed by atoms with Gasteiger partial charge in [0.15, 0.2) is 0 Å². The van der Waals surface area contributed by atoms with Crippen LogP contribution in [0.4, 0.5) is 0 Å². The average molecular weight is 268 g/mol. The van der Waals surface area contributed by atoms with Crippen molar-refractivity contribution in [2.24, 2.45) is 17.8 Å². The summed E-state index contributed by atoms with van der Waals surface area (Å²) < 4.78 is 0. The average Bonchev–Trinajstić information content (AvgIpc) is 3.00. The Morgan fingerprint density at radius 1 is 1.37 bits per heavy atom. The molecule has 4 heteroatoms. The molecule has 2 bridgehead atoms. The van der Waals surface area contributed by atoms with Crippen molar-refractivity contribution in [1.82, 2.24) is 10.2 Å². The summed E-state index contributed by atoms with van der Waals surface area (Å²) >= 11 is 0. The molecular formula is C15H28N2O2. The SMILES string of the molecule is CC(NC(=O)C(C)N(C)CCO)C1CC2CCC1C2. The van der Waals surface area contributed by atoms with Gasteiger partial charge in [-0.15, -0.1) is 0 Å². The van der Waals surface area contributed by atoms with Gasteiger partial charge in [-0.2, -0.15) is 0 Å². The fourth-order valence-electron chi connectivity index (χ4n) is 3.91. The van der Waals surface area contributed by atoms with Gasteiger partial charge < -0.3 is 10.4 Å². The van der Waals surface area contributed by atoms with Crippen molar-refractivity contribution < 1.29 is 9.90 Å². The lowest BCUT2D eigenvalue weighted by Gasteiger charge is -2.31. The molecule has 5 unspecified atom stereocenters. The molecule has 0 radical (unpaired) electrons. The van der Waals surface area contributed by atoms with E-state index in [9.17, 15) is 4.79 Å². The molecule has 0 aromatic heterocycles. The number of amides is 1. The Hall–Kier alpha value is -0.610. The fourth-order valence-corrected chi connectivity index (χ4v) is 3.91. The summed E-state index contributed by atoms with van der Waals surface area (Å²) in [5.41, 5.74) is 0. The van der Waals surface area contributed by atoms with E-state index in [1.54, 1.807) is 0 Å². The Morgan fingerprint density at radius 3 is 2.63 bits per heavy atom. The van der Waals surface area contributed by atoms with Crippen molar-refractivity contribution in [3.8, 4) is 0 Å². The maximum absolute atomic E-state index is 12.2. The summed E-state index contributed by atoms with van der Waals surface area (Å²) in [6, 6.07) is 0.112. The van der Waals surface area contributed by atoms with Crippen LogP contribution < -0.4 is 5.32 Å². The summed E-state index contributed by atoms with van der Waals surface area (Å²) in [4.78, 5) is 14.1. The van der Waals surface area contributed by atoms with Crippen molar-refractivity contribution in [2.45, 2.75) is 51.6 Å². The van der Waals surface area contributed by atoms with Gasteiger partial charge in [0.1, 0.15) is 0 Å². The molecule has 2 fully saturated rings. The van der Waals surface area contributed by atoms with Gasteiger partial charge in [0.25, 0.3) is 0 Å². The van der Waals surface area contributed by atoms with Crippen LogP contribution in [0.1, 0.15) is 39.5 Å². The lowest BCUT2D eigenvalue weighted by molar-refractivity contribution is -0.126. The highest BCUT2D eigenvalue weighted by Gasteiger charge is 2.42. The lowest BCUT2D eigenvalue weighted by atomic mass is 9.84. The van der Waals surface area contributed by atoms with E-state index in [1.807, 2.05) is 18.9 Å². The first-order chi connectivity index (χ1) is 9.02. The second kappa shape index (κ2) is 6.23. The molecule has 2 rings (SSSR count). The molecule has 2 aliphatic carbocycles. The Bertz CT molecular complexity index is 321. The Morgan fingerprint density at radius 2 is 2.11 bits per heavy atom. The molecule has 2 aliphatic rings. The number of hydrogen-bond donors (Lipinski definition) is 2. The van der Waals surface area contributed by atoms with Gasteiger partial charge in [0.05, 0.1) is 12.6 Å². The van der Waals surface area contributed by atoms with Gasteiger partial charge in [0, 0.05) is 12.6 Å². The summed E-state index contributed by atoms with van der Waals surface area (Å²) in [6.45, 7) is 4.69. The monoisotopic (exact) mass is 268 g/mol. The summed E-state index contributed by atoms with van der Waals surface area (Å²) in [6.07, 6.45) is 5.44. The molecular weight excluding hydrogens is 240 g/mol. The summed E-state index contributed by atoms with van der Waals surface area (Å²) in [5.74, 6) is 2.53. The Kier molecular flexibility index (Phi) is 4.85. The topological polar surface area (TPSA) is 52.6 Å². The van der Waals surface area contributed by atoms with E-state index in [0.29, 0.717) is 12.5 Å². The molecule has 0 aromatic carbocycles. The van der Waals surface area contributed by atoms with Crippen LogP contribution in [0.25, 0.3) is 0 Å². The van der Waals surface area contributed by atoms with Gasteiger partial charge in [-0.3, -0.25) is 9.69 Å². The molecule has 110 valence electrons. The number of aliphatic hydroxyl groups is 1. The molecule has 2 saturated carbocycles. The minimum absolute atomic E-state index is 0.0891. The zero-order chi connectivity index (χ0) is 14.0. The van der Waals surface area contributed by atoms with Crippen LogP contribution in [0, 0.1) is 17.8 Å². The van der Waals surface area contributed by atoms with Gasteiger partial charge in [-0.1, -0.05) is 6.42 Å². The molecule has 2 N–H and O–H groups in total. The third-order valence-electron chi connectivity index (χ3n) is 5.30. The molecule has 4 nitrogen and oxygen atoms in total. The summed E-state index contributed by atoms with van der Waals surface area (Å²) in [7, 11) is 1.88. The molecule has 19 heavy (non-hydrogen) atoms. The molecule has 0 aromatic rings. The zero-order valence-corrected chi connectivity index (χ0v) is 12.4. The molecule has 0 saturated heterocycles. The molecule has 5 atom stereocenters. The third kappa shape index (κ3) is 3.29. The second-order valence-electron chi connectivity index (χ2n) is 6.52. The van der Waals surface area contributed by atoms with Crippen LogP contribution in [-0.2, 0) is 4.79 Å². The number of rotatable bonds is 6. The minimum atomic E-state index is -0.173. The number of fused-ring (bicyclic) bond motifs is 2. The van der Waals surface area contributed by atoms with E-state index in [2.05, 4.69) is 12.2 Å². The van der Waals surface area contributed by atoms with Crippen molar-refractivity contribution in [3.05, 3.63) is 0 Å². The van der Waals surface area contributed by atoms with E-state index in [-0.39, 0.29) is 24.6 Å². The van der Waals surface area contributed by atoms with E-state index in [0.717, 1.165) is 11.8 Å². The second-order valence-corrected chi connectivity index (χ2v) is 6.52. The largest absolute Gasteiger partial charge is 0.395 e. The highest BCUT2D eigenvalue weighted by atomic mass is 16.3. The van der Waals surface area contributed by atoms with Crippen molar-refractivity contribution in [2.75, 3.05) is 20.2 Å². The normalized spacial score (nSPS) is 32.6. The van der Waals surface area contributed by atoms with Gasteiger partial charge >= 0.3 is 0 Å². The van der Waals surface area contributed by atoms with Crippen molar-refractivity contribution in [1.29, 1.82) is 0 Å². The fraction of sp³-hybridized carbons (Fsp3) is 0.933. The highest BCUT2D eigenvalue weighted by molar-refractivity contribution is 5.81. The molecule has 0 aliphatic heterocycles. The van der Waals surface area contributed by atoms with Gasteiger partial charge in [-0.05, 0) is 57.9 Å². The van der Waals surface area contributed by atoms with Crippen LogP contribution in [0.5, 0.6) is 0 Å². The molecule has 1 amide bonds. The molecule has 0 spiro atoms. The number of carbonyl (C=O) groups excluding carboxylic acids is 1. The van der Waals surface area contributed by atoms with Crippen molar-refractivity contribution >= 4 is 5.91 Å². The first-order valence-corrected chi connectivity index (χ1v) is 7.64. The van der Waals surface area contributed by atoms with Crippen LogP contribution in [-0.4, -0.2) is 48.2 Å². The maximum Gasteiger partial charge on any atom is 0.237 e. The van der Waals surface area contributed by atoms with E-state index >= 15 is 0 Å². The Labute approximate surface area is 116 Å². The number of carbonyl (C=O) groups is 1. The lowest BCUT2D eigenvalue weighted by Crippen LogP contribution is -2.49. The predicted octanol–water partition coefficient (Wildman–Crippen LogP) is 1.24. The third-order valence-corrected chi connectivity index (χ3v) is 5.30. The number of nitrogens with one attached hydrogen (secondary N) is 1. The predicted molar refractivity (Wildman–Crippen MR) is 75.7 cm³/mol. The van der Waals surface area contributed by atoms with E-state index in [1.165, 1.54) is 25.7 Å². The number of hydrogen-bond acceptors (Lipinski definition) is 3. The van der Waals surface area contributed by atoms with Crippen LogP contribution in [0.3, 0.4) is 0 Å². The van der Waals surface area contributed by atoms with Crippen LogP contribution in [0.2, 0.25) is 0 Å². The maximum atomic E-state index is 12.2. The van der Waals surface area contributed by atoms with Crippen LogP contribution in [0.15, 0.2) is 0 Å². The number of aliphatic hydroxyl groups excluding tert-OH is 1. The van der Waals surface area contributed by atoms with Crippen molar-refractivity contribution in [3.63, 3.8) is 0 Å². The molecule has 0 heterocycles. The first-order valence-electron chi connectivity index (χ1n) is 7.64.